The Labute approximate surface area is 150 Å². The smallest absolute Gasteiger partial charge is 0.154 e. The molecule has 0 fully saturated rings. The maximum absolute atomic E-state index is 9.54. The molecule has 128 valence electrons. The number of hydrogen-bond acceptors (Lipinski definition) is 5. The van der Waals surface area contributed by atoms with Crippen LogP contribution in [0.1, 0.15) is 13.8 Å². The minimum atomic E-state index is -0.0266. The lowest BCUT2D eigenvalue weighted by Gasteiger charge is -2.20. The first-order chi connectivity index (χ1) is 12.2. The summed E-state index contributed by atoms with van der Waals surface area (Å²) in [6.07, 6.45) is 1.86. The first-order valence-corrected chi connectivity index (χ1v) is 9.18. The fraction of sp³-hybridized carbons (Fsp3) is 0.263. The van der Waals surface area contributed by atoms with Crippen LogP contribution in [0.2, 0.25) is 0 Å². The van der Waals surface area contributed by atoms with E-state index in [1.165, 1.54) is 10.1 Å². The number of aliphatic hydroxyl groups is 1. The van der Waals surface area contributed by atoms with Crippen molar-refractivity contribution in [2.75, 3.05) is 11.9 Å². The van der Waals surface area contributed by atoms with E-state index in [1.54, 1.807) is 11.3 Å². The number of aliphatic hydroxyl groups excluding tert-OH is 1. The molecule has 0 aliphatic carbocycles. The molecule has 0 bridgehead atoms. The second-order valence-corrected chi connectivity index (χ2v) is 7.54. The van der Waals surface area contributed by atoms with Gasteiger partial charge in [-0.3, -0.25) is 0 Å². The van der Waals surface area contributed by atoms with Gasteiger partial charge in [-0.1, -0.05) is 32.0 Å². The molecule has 1 aromatic carbocycles. The Morgan fingerprint density at radius 1 is 1.20 bits per heavy atom. The average Bonchev–Trinajstić information content (AvgIpc) is 3.22. The van der Waals surface area contributed by atoms with Gasteiger partial charge in [0.1, 0.15) is 11.5 Å². The van der Waals surface area contributed by atoms with Crippen molar-refractivity contribution in [2.45, 2.75) is 19.9 Å². The molecule has 1 atom stereocenters. The van der Waals surface area contributed by atoms with E-state index in [2.05, 4.69) is 54.5 Å². The molecule has 6 heteroatoms. The number of benzene rings is 1. The number of anilines is 1. The number of rotatable bonds is 5. The van der Waals surface area contributed by atoms with E-state index < -0.39 is 0 Å². The van der Waals surface area contributed by atoms with Crippen molar-refractivity contribution in [1.29, 1.82) is 0 Å². The van der Waals surface area contributed by atoms with Gasteiger partial charge in [0.05, 0.1) is 23.7 Å². The van der Waals surface area contributed by atoms with Gasteiger partial charge in [0, 0.05) is 4.70 Å². The van der Waals surface area contributed by atoms with Gasteiger partial charge in [-0.05, 0) is 35.6 Å². The molecule has 0 saturated carbocycles. The predicted octanol–water partition coefficient (Wildman–Crippen LogP) is 4.04. The molecule has 0 saturated heterocycles. The molecule has 0 unspecified atom stereocenters. The van der Waals surface area contributed by atoms with Crippen LogP contribution in [0.25, 0.3) is 26.3 Å². The first-order valence-electron chi connectivity index (χ1n) is 8.37. The number of fused-ring (bicyclic) bond motifs is 2. The number of aromatic nitrogens is 3. The zero-order chi connectivity index (χ0) is 17.4. The topological polar surface area (TPSA) is 62.5 Å². The van der Waals surface area contributed by atoms with E-state index in [9.17, 15) is 5.11 Å². The highest BCUT2D eigenvalue weighted by Gasteiger charge is 2.15. The standard InChI is InChI=1S/C19H20N4OS/c1-12(2)14(11-24)21-18-7-8-19-20-10-15(23(19)22-18)17-9-13-5-3-4-6-16(13)25-17/h3-10,12,14,24H,11H2,1-2H3,(H,21,22)/t14-/m1/s1. The van der Waals surface area contributed by atoms with Gasteiger partial charge < -0.3 is 10.4 Å². The number of nitrogens with one attached hydrogen (secondary N) is 1. The van der Waals surface area contributed by atoms with Gasteiger partial charge in [-0.25, -0.2) is 9.50 Å². The van der Waals surface area contributed by atoms with E-state index in [0.717, 1.165) is 22.0 Å². The Bertz CT molecular complexity index is 988. The lowest BCUT2D eigenvalue weighted by atomic mass is 10.1. The minimum Gasteiger partial charge on any atom is -0.394 e. The van der Waals surface area contributed by atoms with Crippen LogP contribution in [0.15, 0.2) is 48.7 Å². The molecular weight excluding hydrogens is 332 g/mol. The van der Waals surface area contributed by atoms with Crippen molar-refractivity contribution in [3.05, 3.63) is 48.7 Å². The number of imidazole rings is 1. The SMILES string of the molecule is CC(C)[C@@H](CO)Nc1ccc2ncc(-c3cc4ccccc4s3)n2n1. The second kappa shape index (κ2) is 6.46. The Kier molecular flexibility index (Phi) is 4.15. The molecule has 4 rings (SSSR count). The van der Waals surface area contributed by atoms with Crippen molar-refractivity contribution < 1.29 is 5.11 Å². The van der Waals surface area contributed by atoms with Crippen molar-refractivity contribution in [3.63, 3.8) is 0 Å². The molecule has 0 spiro atoms. The van der Waals surface area contributed by atoms with Gasteiger partial charge >= 0.3 is 0 Å². The third-order valence-corrected chi connectivity index (χ3v) is 5.51. The van der Waals surface area contributed by atoms with Gasteiger partial charge in [-0.2, -0.15) is 0 Å². The van der Waals surface area contributed by atoms with Crippen LogP contribution >= 0.6 is 11.3 Å². The quantitative estimate of drug-likeness (QED) is 0.569. The summed E-state index contributed by atoms with van der Waals surface area (Å²) >= 11 is 1.74. The molecule has 3 heterocycles. The predicted molar refractivity (Wildman–Crippen MR) is 103 cm³/mol. The Balaban J connectivity index is 1.76. The van der Waals surface area contributed by atoms with Gasteiger partial charge in [0.2, 0.25) is 0 Å². The summed E-state index contributed by atoms with van der Waals surface area (Å²) in [6.45, 7) is 4.23. The van der Waals surface area contributed by atoms with Crippen LogP contribution in [0, 0.1) is 5.92 Å². The van der Waals surface area contributed by atoms with E-state index in [4.69, 9.17) is 5.10 Å². The van der Waals surface area contributed by atoms with Crippen LogP contribution in [0.3, 0.4) is 0 Å². The summed E-state index contributed by atoms with van der Waals surface area (Å²) in [5.41, 5.74) is 1.79. The van der Waals surface area contributed by atoms with Crippen molar-refractivity contribution >= 4 is 32.9 Å². The molecule has 3 aromatic heterocycles. The highest BCUT2D eigenvalue weighted by molar-refractivity contribution is 7.22. The average molecular weight is 352 g/mol. The minimum absolute atomic E-state index is 0.0266. The van der Waals surface area contributed by atoms with Gasteiger partial charge in [-0.15, -0.1) is 16.4 Å². The number of nitrogens with zero attached hydrogens (tertiary/aromatic N) is 3. The molecule has 0 aliphatic heterocycles. The van der Waals surface area contributed by atoms with Crippen molar-refractivity contribution in [3.8, 4) is 10.6 Å². The summed E-state index contributed by atoms with van der Waals surface area (Å²) in [6, 6.07) is 14.3. The zero-order valence-corrected chi connectivity index (χ0v) is 15.0. The van der Waals surface area contributed by atoms with Gasteiger partial charge in [0.25, 0.3) is 0 Å². The fourth-order valence-electron chi connectivity index (χ4n) is 2.84. The van der Waals surface area contributed by atoms with E-state index in [0.29, 0.717) is 5.92 Å². The Morgan fingerprint density at radius 2 is 2.04 bits per heavy atom. The van der Waals surface area contributed by atoms with Crippen molar-refractivity contribution in [2.24, 2.45) is 5.92 Å². The summed E-state index contributed by atoms with van der Waals surface area (Å²) in [7, 11) is 0. The highest BCUT2D eigenvalue weighted by atomic mass is 32.1. The third kappa shape index (κ3) is 2.99. The Morgan fingerprint density at radius 3 is 2.80 bits per heavy atom. The molecular formula is C19H20N4OS. The third-order valence-electron chi connectivity index (χ3n) is 4.37. The molecule has 25 heavy (non-hydrogen) atoms. The Hall–Kier alpha value is -2.44. The summed E-state index contributed by atoms with van der Waals surface area (Å²) in [4.78, 5) is 5.61. The fourth-order valence-corrected chi connectivity index (χ4v) is 3.90. The largest absolute Gasteiger partial charge is 0.394 e. The molecule has 2 N–H and O–H groups in total. The molecule has 4 aromatic rings. The number of hydrogen-bond donors (Lipinski definition) is 2. The first kappa shape index (κ1) is 16.1. The van der Waals surface area contributed by atoms with Gasteiger partial charge in [0.15, 0.2) is 5.65 Å². The monoisotopic (exact) mass is 352 g/mol. The summed E-state index contributed by atoms with van der Waals surface area (Å²) < 4.78 is 3.11. The molecule has 0 aliphatic rings. The number of thiophene rings is 1. The summed E-state index contributed by atoms with van der Waals surface area (Å²) in [5.74, 6) is 1.05. The van der Waals surface area contributed by atoms with Crippen molar-refractivity contribution in [1.82, 2.24) is 14.6 Å². The van der Waals surface area contributed by atoms with Crippen LogP contribution in [0.4, 0.5) is 5.82 Å². The summed E-state index contributed by atoms with van der Waals surface area (Å²) in [5, 5.41) is 18.8. The van der Waals surface area contributed by atoms with E-state index in [1.807, 2.05) is 22.8 Å². The lowest BCUT2D eigenvalue weighted by Crippen LogP contribution is -2.30. The highest BCUT2D eigenvalue weighted by Crippen LogP contribution is 2.33. The van der Waals surface area contributed by atoms with E-state index in [-0.39, 0.29) is 12.6 Å². The van der Waals surface area contributed by atoms with E-state index >= 15 is 0 Å². The molecule has 0 radical (unpaired) electrons. The second-order valence-electron chi connectivity index (χ2n) is 6.46. The van der Waals surface area contributed by atoms with Crippen LogP contribution in [0.5, 0.6) is 0 Å². The molecule has 5 nitrogen and oxygen atoms in total. The normalized spacial score (nSPS) is 13.0. The van der Waals surface area contributed by atoms with Crippen LogP contribution in [-0.4, -0.2) is 32.4 Å². The maximum Gasteiger partial charge on any atom is 0.154 e. The lowest BCUT2D eigenvalue weighted by molar-refractivity contribution is 0.249. The van der Waals surface area contributed by atoms with Crippen LogP contribution in [-0.2, 0) is 0 Å². The van der Waals surface area contributed by atoms with Crippen LogP contribution < -0.4 is 5.32 Å². The maximum atomic E-state index is 9.54. The zero-order valence-electron chi connectivity index (χ0n) is 14.2. The molecule has 0 amide bonds.